The van der Waals surface area contributed by atoms with Crippen LogP contribution >= 0.6 is 0 Å². The Labute approximate surface area is 70.8 Å². The van der Waals surface area contributed by atoms with Gasteiger partial charge < -0.3 is 5.11 Å². The van der Waals surface area contributed by atoms with Crippen molar-refractivity contribution in [3.05, 3.63) is 35.9 Å². The fourth-order valence-corrected chi connectivity index (χ4v) is 1.48. The van der Waals surface area contributed by atoms with Gasteiger partial charge in [0, 0.05) is 6.42 Å². The van der Waals surface area contributed by atoms with E-state index in [0.717, 1.165) is 5.56 Å². The molecule has 2 rings (SSSR count). The lowest BCUT2D eigenvalue weighted by molar-refractivity contribution is -0.151. The van der Waals surface area contributed by atoms with E-state index in [1.807, 2.05) is 18.2 Å². The van der Waals surface area contributed by atoms with Gasteiger partial charge in [-0.25, -0.2) is 0 Å². The van der Waals surface area contributed by atoms with Gasteiger partial charge in [0.05, 0.1) is 0 Å². The SMILES string of the molecule is O=C1CCC1(O)c1ccccc1. The second kappa shape index (κ2) is 2.42. The number of ketones is 1. The highest BCUT2D eigenvalue weighted by Gasteiger charge is 2.45. The van der Waals surface area contributed by atoms with E-state index in [0.29, 0.717) is 12.8 Å². The van der Waals surface area contributed by atoms with Crippen molar-refractivity contribution in [3.8, 4) is 0 Å². The number of hydrogen-bond acceptors (Lipinski definition) is 2. The molecular formula is C10H10O2. The number of carbonyl (C=O) groups excluding carboxylic acids is 1. The van der Waals surface area contributed by atoms with Crippen LogP contribution in [0.3, 0.4) is 0 Å². The van der Waals surface area contributed by atoms with Crippen LogP contribution in [0.2, 0.25) is 0 Å². The first-order chi connectivity index (χ1) is 5.73. The maximum Gasteiger partial charge on any atom is 0.169 e. The number of carbonyl (C=O) groups is 1. The van der Waals surface area contributed by atoms with Gasteiger partial charge in [-0.3, -0.25) is 4.79 Å². The van der Waals surface area contributed by atoms with Crippen molar-refractivity contribution >= 4 is 5.78 Å². The monoisotopic (exact) mass is 162 g/mol. The molecule has 0 heterocycles. The fraction of sp³-hybridized carbons (Fsp3) is 0.300. The van der Waals surface area contributed by atoms with E-state index in [9.17, 15) is 9.90 Å². The maximum atomic E-state index is 11.1. The Balaban J connectivity index is 2.37. The van der Waals surface area contributed by atoms with Crippen molar-refractivity contribution in [2.45, 2.75) is 18.4 Å². The molecule has 1 N–H and O–H groups in total. The van der Waals surface area contributed by atoms with Crippen LogP contribution in [0.4, 0.5) is 0 Å². The minimum Gasteiger partial charge on any atom is -0.377 e. The second-order valence-electron chi connectivity index (χ2n) is 3.15. The van der Waals surface area contributed by atoms with Gasteiger partial charge in [-0.15, -0.1) is 0 Å². The van der Waals surface area contributed by atoms with E-state index in [1.54, 1.807) is 12.1 Å². The van der Waals surface area contributed by atoms with E-state index < -0.39 is 5.60 Å². The summed E-state index contributed by atoms with van der Waals surface area (Å²) >= 11 is 0. The molecule has 1 unspecified atom stereocenters. The summed E-state index contributed by atoms with van der Waals surface area (Å²) in [4.78, 5) is 11.1. The molecule has 1 aliphatic rings. The molecule has 0 saturated heterocycles. The van der Waals surface area contributed by atoms with Crippen molar-refractivity contribution in [1.82, 2.24) is 0 Å². The largest absolute Gasteiger partial charge is 0.377 e. The summed E-state index contributed by atoms with van der Waals surface area (Å²) in [6.45, 7) is 0. The Morgan fingerprint density at radius 1 is 1.25 bits per heavy atom. The summed E-state index contributed by atoms with van der Waals surface area (Å²) in [5, 5.41) is 9.80. The standard InChI is InChI=1S/C10H10O2/c11-9-6-7-10(9,12)8-4-2-1-3-5-8/h1-5,12H,6-7H2. The van der Waals surface area contributed by atoms with E-state index in [-0.39, 0.29) is 5.78 Å². The first kappa shape index (κ1) is 7.50. The highest BCUT2D eigenvalue weighted by molar-refractivity contribution is 5.93. The van der Waals surface area contributed by atoms with Crippen LogP contribution in [0.5, 0.6) is 0 Å². The van der Waals surface area contributed by atoms with Crippen LogP contribution < -0.4 is 0 Å². The van der Waals surface area contributed by atoms with Gasteiger partial charge in [0.25, 0.3) is 0 Å². The molecule has 1 atom stereocenters. The van der Waals surface area contributed by atoms with Crippen LogP contribution in [0, 0.1) is 0 Å². The molecule has 0 amide bonds. The lowest BCUT2D eigenvalue weighted by Gasteiger charge is -2.34. The average Bonchev–Trinajstić information content (AvgIpc) is 2.16. The lowest BCUT2D eigenvalue weighted by Crippen LogP contribution is -2.44. The summed E-state index contributed by atoms with van der Waals surface area (Å²) in [6, 6.07) is 9.11. The highest BCUT2D eigenvalue weighted by Crippen LogP contribution is 2.37. The maximum absolute atomic E-state index is 11.1. The van der Waals surface area contributed by atoms with Gasteiger partial charge in [-0.05, 0) is 12.0 Å². The molecule has 0 bridgehead atoms. The van der Waals surface area contributed by atoms with Crippen LogP contribution in [-0.2, 0) is 10.4 Å². The normalized spacial score (nSPS) is 28.2. The topological polar surface area (TPSA) is 37.3 Å². The summed E-state index contributed by atoms with van der Waals surface area (Å²) in [5.74, 6) is -0.0614. The van der Waals surface area contributed by atoms with Crippen LogP contribution in [-0.4, -0.2) is 10.9 Å². The summed E-state index contributed by atoms with van der Waals surface area (Å²) in [6.07, 6.45) is 1.07. The smallest absolute Gasteiger partial charge is 0.169 e. The minimum absolute atomic E-state index is 0.0614. The molecule has 62 valence electrons. The molecule has 0 aromatic heterocycles. The van der Waals surface area contributed by atoms with E-state index in [2.05, 4.69) is 0 Å². The van der Waals surface area contributed by atoms with E-state index in [1.165, 1.54) is 0 Å². The highest BCUT2D eigenvalue weighted by atomic mass is 16.3. The first-order valence-electron chi connectivity index (χ1n) is 4.05. The summed E-state index contributed by atoms with van der Waals surface area (Å²) < 4.78 is 0. The first-order valence-corrected chi connectivity index (χ1v) is 4.05. The number of Topliss-reactive ketones (excluding diaryl/α,β-unsaturated/α-hetero) is 1. The van der Waals surface area contributed by atoms with Crippen LogP contribution in [0.1, 0.15) is 18.4 Å². The Bertz CT molecular complexity index is 305. The molecule has 2 heteroatoms. The molecule has 12 heavy (non-hydrogen) atoms. The zero-order valence-electron chi connectivity index (χ0n) is 6.66. The van der Waals surface area contributed by atoms with Crippen molar-refractivity contribution in [1.29, 1.82) is 0 Å². The third-order valence-corrected chi connectivity index (χ3v) is 2.43. The van der Waals surface area contributed by atoms with Gasteiger partial charge in [-0.1, -0.05) is 30.3 Å². The quantitative estimate of drug-likeness (QED) is 0.674. The Hall–Kier alpha value is -1.15. The summed E-state index contributed by atoms with van der Waals surface area (Å²) in [5.41, 5.74) is -0.442. The second-order valence-corrected chi connectivity index (χ2v) is 3.15. The third-order valence-electron chi connectivity index (χ3n) is 2.43. The molecule has 0 radical (unpaired) electrons. The molecule has 1 aromatic rings. The zero-order valence-corrected chi connectivity index (χ0v) is 6.66. The molecule has 2 nitrogen and oxygen atoms in total. The van der Waals surface area contributed by atoms with Crippen LogP contribution in [0.25, 0.3) is 0 Å². The molecular weight excluding hydrogens is 152 g/mol. The Kier molecular flexibility index (Phi) is 1.51. The van der Waals surface area contributed by atoms with Crippen molar-refractivity contribution in [2.24, 2.45) is 0 Å². The molecule has 1 fully saturated rings. The molecule has 1 aliphatic carbocycles. The van der Waals surface area contributed by atoms with Gasteiger partial charge in [-0.2, -0.15) is 0 Å². The van der Waals surface area contributed by atoms with E-state index >= 15 is 0 Å². The van der Waals surface area contributed by atoms with Gasteiger partial charge in [0.1, 0.15) is 5.60 Å². The Morgan fingerprint density at radius 3 is 2.33 bits per heavy atom. The Morgan fingerprint density at radius 2 is 1.92 bits per heavy atom. The van der Waals surface area contributed by atoms with E-state index in [4.69, 9.17) is 0 Å². The lowest BCUT2D eigenvalue weighted by atomic mass is 9.74. The predicted octanol–water partition coefficient (Wildman–Crippen LogP) is 1.24. The van der Waals surface area contributed by atoms with Gasteiger partial charge >= 0.3 is 0 Å². The number of hydrogen-bond donors (Lipinski definition) is 1. The number of aliphatic hydroxyl groups is 1. The average molecular weight is 162 g/mol. The van der Waals surface area contributed by atoms with Crippen LogP contribution in [0.15, 0.2) is 30.3 Å². The predicted molar refractivity (Wildman–Crippen MR) is 44.6 cm³/mol. The van der Waals surface area contributed by atoms with Gasteiger partial charge in [0.2, 0.25) is 0 Å². The van der Waals surface area contributed by atoms with Gasteiger partial charge in [0.15, 0.2) is 5.78 Å². The zero-order chi connectivity index (χ0) is 8.60. The number of rotatable bonds is 1. The molecule has 0 spiro atoms. The van der Waals surface area contributed by atoms with Crippen molar-refractivity contribution in [3.63, 3.8) is 0 Å². The summed E-state index contributed by atoms with van der Waals surface area (Å²) in [7, 11) is 0. The molecule has 1 aromatic carbocycles. The fourth-order valence-electron chi connectivity index (χ4n) is 1.48. The molecule has 0 aliphatic heterocycles. The number of benzene rings is 1. The molecule has 1 saturated carbocycles. The van der Waals surface area contributed by atoms with Crippen molar-refractivity contribution in [2.75, 3.05) is 0 Å². The van der Waals surface area contributed by atoms with Crippen molar-refractivity contribution < 1.29 is 9.90 Å². The minimum atomic E-state index is -1.17. The third kappa shape index (κ3) is 0.883.